The number of nitrogens with zero attached hydrogens (tertiary/aromatic N) is 1. The lowest BCUT2D eigenvalue weighted by Gasteiger charge is -2.24. The van der Waals surface area contributed by atoms with Crippen LogP contribution in [0.1, 0.15) is 23.6 Å². The van der Waals surface area contributed by atoms with Gasteiger partial charge in [0.1, 0.15) is 0 Å². The van der Waals surface area contributed by atoms with Crippen LogP contribution < -0.4 is 0 Å². The molecule has 2 atom stereocenters. The Morgan fingerprint density at radius 3 is 2.45 bits per heavy atom. The van der Waals surface area contributed by atoms with Crippen molar-refractivity contribution in [2.24, 2.45) is 0 Å². The molecule has 0 saturated carbocycles. The first-order chi connectivity index (χ1) is 9.10. The molecule has 112 valence electrons. The summed E-state index contributed by atoms with van der Waals surface area (Å²) in [7, 11) is -3.69. The molecule has 1 saturated heterocycles. The maximum absolute atomic E-state index is 13.0. The van der Waals surface area contributed by atoms with E-state index in [2.05, 4.69) is 0 Å². The maximum Gasteiger partial charge on any atom is 0.416 e. The minimum atomic E-state index is -4.56. The molecule has 4 nitrogen and oxygen atoms in total. The number of hydrogen-bond donors (Lipinski definition) is 1. The summed E-state index contributed by atoms with van der Waals surface area (Å²) in [6, 6.07) is 3.86. The molecule has 20 heavy (non-hydrogen) atoms. The van der Waals surface area contributed by atoms with Crippen LogP contribution in [0, 0.1) is 0 Å². The third kappa shape index (κ3) is 2.97. The van der Waals surface area contributed by atoms with E-state index in [1.807, 2.05) is 0 Å². The zero-order valence-corrected chi connectivity index (χ0v) is 11.4. The lowest BCUT2D eigenvalue weighted by atomic mass is 9.98. The van der Waals surface area contributed by atoms with Crippen molar-refractivity contribution >= 4 is 10.0 Å². The van der Waals surface area contributed by atoms with Crippen molar-refractivity contribution in [3.8, 4) is 0 Å². The first kappa shape index (κ1) is 15.3. The highest BCUT2D eigenvalue weighted by atomic mass is 32.2. The Morgan fingerprint density at radius 2 is 1.90 bits per heavy atom. The van der Waals surface area contributed by atoms with Gasteiger partial charge in [-0.25, -0.2) is 8.42 Å². The van der Waals surface area contributed by atoms with Gasteiger partial charge in [-0.1, -0.05) is 18.2 Å². The molecule has 0 aromatic heterocycles. The van der Waals surface area contributed by atoms with E-state index >= 15 is 0 Å². The molecule has 1 N–H and O–H groups in total. The molecule has 0 spiro atoms. The van der Waals surface area contributed by atoms with E-state index in [9.17, 15) is 26.7 Å². The zero-order chi connectivity index (χ0) is 15.1. The lowest BCUT2D eigenvalue weighted by molar-refractivity contribution is -0.138. The molecule has 1 aliphatic rings. The summed E-state index contributed by atoms with van der Waals surface area (Å²) >= 11 is 0. The van der Waals surface area contributed by atoms with Crippen molar-refractivity contribution < 1.29 is 26.7 Å². The summed E-state index contributed by atoms with van der Waals surface area (Å²) in [5.74, 6) is 0. The van der Waals surface area contributed by atoms with Crippen LogP contribution in [0.3, 0.4) is 0 Å². The van der Waals surface area contributed by atoms with Crippen LogP contribution >= 0.6 is 0 Å². The second kappa shape index (κ2) is 5.01. The number of aliphatic hydroxyl groups excluding tert-OH is 1. The normalized spacial score (nSPS) is 25.1. The average Bonchev–Trinajstić information content (AvgIpc) is 2.70. The van der Waals surface area contributed by atoms with Gasteiger partial charge in [0, 0.05) is 6.54 Å². The topological polar surface area (TPSA) is 57.6 Å². The number of halogens is 3. The fourth-order valence-electron chi connectivity index (χ4n) is 2.48. The average molecular weight is 309 g/mol. The van der Waals surface area contributed by atoms with Crippen LogP contribution in [0.2, 0.25) is 0 Å². The molecule has 1 aliphatic heterocycles. The molecule has 8 heteroatoms. The third-order valence-corrected chi connectivity index (χ3v) is 4.54. The smallest absolute Gasteiger partial charge is 0.392 e. The van der Waals surface area contributed by atoms with E-state index in [4.69, 9.17) is 0 Å². The van der Waals surface area contributed by atoms with Gasteiger partial charge in [-0.05, 0) is 18.1 Å². The Hall–Kier alpha value is -1.12. The molecule has 0 amide bonds. The quantitative estimate of drug-likeness (QED) is 0.906. The van der Waals surface area contributed by atoms with Gasteiger partial charge in [-0.2, -0.15) is 17.5 Å². The van der Waals surface area contributed by atoms with Crippen LogP contribution in [0.25, 0.3) is 0 Å². The Balaban J connectivity index is 2.51. The van der Waals surface area contributed by atoms with Gasteiger partial charge < -0.3 is 5.11 Å². The molecule has 1 heterocycles. The number of alkyl halides is 3. The van der Waals surface area contributed by atoms with E-state index < -0.39 is 33.9 Å². The van der Waals surface area contributed by atoms with Crippen molar-refractivity contribution in [2.45, 2.75) is 24.7 Å². The van der Waals surface area contributed by atoms with Gasteiger partial charge in [-0.15, -0.1) is 0 Å². The van der Waals surface area contributed by atoms with E-state index in [0.29, 0.717) is 0 Å². The molecule has 0 bridgehead atoms. The second-order valence-electron chi connectivity index (χ2n) is 4.82. The predicted molar refractivity (Wildman–Crippen MR) is 66.4 cm³/mol. The summed E-state index contributed by atoms with van der Waals surface area (Å²) in [4.78, 5) is 0. The standard InChI is InChI=1S/C12H14F3NO3S/c1-20(18,19)16-7-8(17)6-11(16)9-4-2-3-5-10(9)12(13,14)15/h2-5,8,11,17H,6-7H2,1H3/t8-,11-/m1/s1. The molecular weight excluding hydrogens is 295 g/mol. The summed E-state index contributed by atoms with van der Waals surface area (Å²) < 4.78 is 63.2. The number of rotatable bonds is 2. The molecule has 1 aromatic carbocycles. The SMILES string of the molecule is CS(=O)(=O)N1C[C@H](O)C[C@@H]1c1ccccc1C(F)(F)F. The number of hydrogen-bond acceptors (Lipinski definition) is 3. The minimum Gasteiger partial charge on any atom is -0.392 e. The Labute approximate surface area is 114 Å². The summed E-state index contributed by atoms with van der Waals surface area (Å²) in [5, 5.41) is 9.60. The van der Waals surface area contributed by atoms with E-state index in [1.165, 1.54) is 18.2 Å². The van der Waals surface area contributed by atoms with Gasteiger partial charge in [0.15, 0.2) is 0 Å². The van der Waals surface area contributed by atoms with E-state index in [-0.39, 0.29) is 18.5 Å². The summed E-state index contributed by atoms with van der Waals surface area (Å²) in [6.45, 7) is -0.185. The number of sulfonamides is 1. The third-order valence-electron chi connectivity index (χ3n) is 3.28. The van der Waals surface area contributed by atoms with Gasteiger partial charge in [0.05, 0.1) is 24.0 Å². The highest BCUT2D eigenvalue weighted by Gasteiger charge is 2.42. The predicted octanol–water partition coefficient (Wildman–Crippen LogP) is 1.77. The minimum absolute atomic E-state index is 0.0415. The molecule has 0 unspecified atom stereocenters. The lowest BCUT2D eigenvalue weighted by Crippen LogP contribution is -2.31. The highest BCUT2D eigenvalue weighted by Crippen LogP contribution is 2.41. The second-order valence-corrected chi connectivity index (χ2v) is 6.76. The first-order valence-electron chi connectivity index (χ1n) is 5.91. The summed E-state index contributed by atoms with van der Waals surface area (Å²) in [6.07, 6.45) is -4.64. The van der Waals surface area contributed by atoms with Gasteiger partial charge in [0.2, 0.25) is 10.0 Å². The van der Waals surface area contributed by atoms with E-state index in [0.717, 1.165) is 16.6 Å². The molecule has 0 radical (unpaired) electrons. The number of β-amino-alcohol motifs (C(OH)–C–C–N with tert-alkyl or cyclic N) is 1. The molecule has 1 fully saturated rings. The fourth-order valence-corrected chi connectivity index (χ4v) is 3.58. The van der Waals surface area contributed by atoms with Crippen LogP contribution in [0.5, 0.6) is 0 Å². The maximum atomic E-state index is 13.0. The largest absolute Gasteiger partial charge is 0.416 e. The number of benzene rings is 1. The van der Waals surface area contributed by atoms with Crippen molar-refractivity contribution in [2.75, 3.05) is 12.8 Å². The van der Waals surface area contributed by atoms with Crippen LogP contribution in [-0.4, -0.2) is 36.7 Å². The van der Waals surface area contributed by atoms with Crippen LogP contribution in [-0.2, 0) is 16.2 Å². The zero-order valence-electron chi connectivity index (χ0n) is 10.6. The Bertz CT molecular complexity index is 600. The van der Waals surface area contributed by atoms with Crippen molar-refractivity contribution in [1.82, 2.24) is 4.31 Å². The van der Waals surface area contributed by atoms with Gasteiger partial charge >= 0.3 is 6.18 Å². The molecular formula is C12H14F3NO3S. The molecule has 0 aliphatic carbocycles. The fraction of sp³-hybridized carbons (Fsp3) is 0.500. The Kier molecular flexibility index (Phi) is 3.83. The van der Waals surface area contributed by atoms with E-state index in [1.54, 1.807) is 0 Å². The number of aliphatic hydroxyl groups is 1. The van der Waals surface area contributed by atoms with Crippen molar-refractivity contribution in [3.63, 3.8) is 0 Å². The monoisotopic (exact) mass is 309 g/mol. The molecule has 1 aromatic rings. The van der Waals surface area contributed by atoms with Crippen molar-refractivity contribution in [3.05, 3.63) is 35.4 Å². The van der Waals surface area contributed by atoms with Crippen LogP contribution in [0.4, 0.5) is 13.2 Å². The molecule has 2 rings (SSSR count). The van der Waals surface area contributed by atoms with Crippen molar-refractivity contribution in [1.29, 1.82) is 0 Å². The Morgan fingerprint density at radius 1 is 1.30 bits per heavy atom. The van der Waals surface area contributed by atoms with Gasteiger partial charge in [-0.3, -0.25) is 0 Å². The first-order valence-corrected chi connectivity index (χ1v) is 7.76. The highest BCUT2D eigenvalue weighted by molar-refractivity contribution is 7.88. The van der Waals surface area contributed by atoms with Crippen LogP contribution in [0.15, 0.2) is 24.3 Å². The summed E-state index contributed by atoms with van der Waals surface area (Å²) in [5.41, 5.74) is -0.991. The van der Waals surface area contributed by atoms with Gasteiger partial charge in [0.25, 0.3) is 0 Å².